The number of halogens is 1. The van der Waals surface area contributed by atoms with Crippen LogP contribution < -0.4 is 9.47 Å². The summed E-state index contributed by atoms with van der Waals surface area (Å²) in [6, 6.07) is 1.86. The summed E-state index contributed by atoms with van der Waals surface area (Å²) in [5.41, 5.74) is 2.10. The first-order chi connectivity index (χ1) is 8.56. The van der Waals surface area contributed by atoms with Crippen molar-refractivity contribution in [3.8, 4) is 11.5 Å². The van der Waals surface area contributed by atoms with E-state index in [4.69, 9.17) is 21.1 Å². The number of hydrogen-bond donors (Lipinski definition) is 0. The summed E-state index contributed by atoms with van der Waals surface area (Å²) in [7, 11) is 3.17. The zero-order valence-electron chi connectivity index (χ0n) is 11.2. The van der Waals surface area contributed by atoms with Gasteiger partial charge in [0.15, 0.2) is 11.5 Å². The summed E-state index contributed by atoms with van der Waals surface area (Å²) >= 11 is 6.18. The number of benzene rings is 1. The van der Waals surface area contributed by atoms with Gasteiger partial charge in [0.25, 0.3) is 0 Å². The average molecular weight is 271 g/mol. The summed E-state index contributed by atoms with van der Waals surface area (Å²) in [6.07, 6.45) is 2.05. The van der Waals surface area contributed by atoms with Crippen molar-refractivity contribution in [2.24, 2.45) is 0 Å². The Morgan fingerprint density at radius 2 is 1.89 bits per heavy atom. The van der Waals surface area contributed by atoms with Crippen molar-refractivity contribution in [2.45, 2.75) is 32.6 Å². The van der Waals surface area contributed by atoms with Gasteiger partial charge in [-0.1, -0.05) is 25.4 Å². The molecule has 1 aromatic carbocycles. The fourth-order valence-electron chi connectivity index (χ4n) is 2.12. The molecule has 0 aliphatic heterocycles. The molecule has 0 saturated heterocycles. The highest BCUT2D eigenvalue weighted by atomic mass is 35.5. The van der Waals surface area contributed by atoms with Gasteiger partial charge in [0.2, 0.25) is 0 Å². The lowest BCUT2D eigenvalue weighted by Crippen LogP contribution is -2.04. The van der Waals surface area contributed by atoms with Crippen LogP contribution in [0.2, 0.25) is 5.02 Å². The van der Waals surface area contributed by atoms with Gasteiger partial charge in [-0.3, -0.25) is 0 Å². The first kappa shape index (κ1) is 14.8. The Kier molecular flexibility index (Phi) is 5.48. The van der Waals surface area contributed by atoms with Gasteiger partial charge in [-0.15, -0.1) is 0 Å². The minimum atomic E-state index is 0.271. The predicted molar refractivity (Wildman–Crippen MR) is 73.0 cm³/mol. The molecule has 1 aromatic rings. The molecule has 0 heterocycles. The number of aldehydes is 1. The van der Waals surface area contributed by atoms with Crippen molar-refractivity contribution >= 4 is 17.9 Å². The highest BCUT2D eigenvalue weighted by molar-refractivity contribution is 6.32. The van der Waals surface area contributed by atoms with Gasteiger partial charge in [-0.25, -0.2) is 0 Å². The van der Waals surface area contributed by atoms with E-state index >= 15 is 0 Å². The van der Waals surface area contributed by atoms with E-state index in [0.717, 1.165) is 17.4 Å². The molecule has 18 heavy (non-hydrogen) atoms. The Balaban J connectivity index is 3.41. The molecular formula is C14H19ClO3. The third-order valence-electron chi connectivity index (χ3n) is 2.83. The van der Waals surface area contributed by atoms with Crippen LogP contribution in [-0.4, -0.2) is 20.5 Å². The van der Waals surface area contributed by atoms with Gasteiger partial charge in [-0.2, -0.15) is 0 Å². The van der Waals surface area contributed by atoms with E-state index in [2.05, 4.69) is 13.8 Å². The quantitative estimate of drug-likeness (QED) is 0.741. The van der Waals surface area contributed by atoms with Gasteiger partial charge < -0.3 is 14.3 Å². The Morgan fingerprint density at radius 3 is 2.33 bits per heavy atom. The van der Waals surface area contributed by atoms with Crippen LogP contribution in [0.15, 0.2) is 6.07 Å². The molecule has 0 atom stereocenters. The zero-order valence-corrected chi connectivity index (χ0v) is 12.0. The Hall–Kier alpha value is -1.22. The number of rotatable bonds is 6. The normalized spacial score (nSPS) is 10.6. The lowest BCUT2D eigenvalue weighted by atomic mass is 9.93. The summed E-state index contributed by atoms with van der Waals surface area (Å²) in [5, 5.41) is 0.514. The smallest absolute Gasteiger partial charge is 0.179 e. The Labute approximate surface area is 113 Å². The molecule has 0 amide bonds. The first-order valence-corrected chi connectivity index (χ1v) is 6.31. The van der Waals surface area contributed by atoms with Crippen molar-refractivity contribution in [3.63, 3.8) is 0 Å². The van der Waals surface area contributed by atoms with Crippen LogP contribution in [0.5, 0.6) is 11.5 Å². The molecule has 0 spiro atoms. The van der Waals surface area contributed by atoms with Crippen molar-refractivity contribution in [2.75, 3.05) is 14.2 Å². The van der Waals surface area contributed by atoms with Gasteiger partial charge in [0.05, 0.1) is 19.2 Å². The minimum Gasteiger partial charge on any atom is -0.492 e. The van der Waals surface area contributed by atoms with Crippen LogP contribution in [0.3, 0.4) is 0 Å². The third kappa shape index (κ3) is 2.96. The van der Waals surface area contributed by atoms with Crippen LogP contribution in [-0.2, 0) is 11.2 Å². The molecule has 0 radical (unpaired) electrons. The van der Waals surface area contributed by atoms with E-state index in [1.54, 1.807) is 14.2 Å². The second kappa shape index (κ2) is 6.64. The Bertz CT molecular complexity index is 428. The SMILES string of the molecule is COc1c(Cl)cc(CCC=O)c(C(C)C)c1OC. The fourth-order valence-corrected chi connectivity index (χ4v) is 2.41. The number of carbonyl (C=O) groups excluding carboxylic acids is 1. The molecule has 0 aliphatic rings. The predicted octanol–water partition coefficient (Wildman–Crippen LogP) is 3.61. The second-order valence-electron chi connectivity index (χ2n) is 4.36. The van der Waals surface area contributed by atoms with Gasteiger partial charge in [0.1, 0.15) is 6.29 Å². The number of ether oxygens (including phenoxy) is 2. The number of hydrogen-bond acceptors (Lipinski definition) is 3. The topological polar surface area (TPSA) is 35.5 Å². The monoisotopic (exact) mass is 270 g/mol. The van der Waals surface area contributed by atoms with E-state index < -0.39 is 0 Å². The lowest BCUT2D eigenvalue weighted by Gasteiger charge is -2.20. The summed E-state index contributed by atoms with van der Waals surface area (Å²) in [4.78, 5) is 10.5. The molecule has 0 aromatic heterocycles. The molecule has 0 saturated carbocycles. The van der Waals surface area contributed by atoms with E-state index in [9.17, 15) is 4.79 Å². The summed E-state index contributed by atoms with van der Waals surface area (Å²) in [5.74, 6) is 1.49. The van der Waals surface area contributed by atoms with E-state index in [1.807, 2.05) is 6.07 Å². The lowest BCUT2D eigenvalue weighted by molar-refractivity contribution is -0.107. The maximum atomic E-state index is 10.5. The third-order valence-corrected chi connectivity index (χ3v) is 3.11. The minimum absolute atomic E-state index is 0.271. The zero-order chi connectivity index (χ0) is 13.7. The molecule has 0 unspecified atom stereocenters. The largest absolute Gasteiger partial charge is 0.492 e. The van der Waals surface area contributed by atoms with Crippen LogP contribution in [0.4, 0.5) is 0 Å². The molecule has 0 aliphatic carbocycles. The Morgan fingerprint density at radius 1 is 1.28 bits per heavy atom. The van der Waals surface area contributed by atoms with Crippen LogP contribution in [0.1, 0.15) is 37.3 Å². The first-order valence-electron chi connectivity index (χ1n) is 5.93. The van der Waals surface area contributed by atoms with Gasteiger partial charge >= 0.3 is 0 Å². The number of aryl methyl sites for hydroxylation is 1. The number of carbonyl (C=O) groups is 1. The second-order valence-corrected chi connectivity index (χ2v) is 4.76. The van der Waals surface area contributed by atoms with Gasteiger partial charge in [0, 0.05) is 12.0 Å². The summed E-state index contributed by atoms with van der Waals surface area (Å²) < 4.78 is 10.7. The van der Waals surface area contributed by atoms with E-state index in [-0.39, 0.29) is 5.92 Å². The molecule has 0 bridgehead atoms. The van der Waals surface area contributed by atoms with Gasteiger partial charge in [-0.05, 0) is 24.0 Å². The van der Waals surface area contributed by atoms with E-state index in [0.29, 0.717) is 29.4 Å². The molecule has 0 fully saturated rings. The molecule has 1 rings (SSSR count). The van der Waals surface area contributed by atoms with Crippen molar-refractivity contribution < 1.29 is 14.3 Å². The molecule has 3 nitrogen and oxygen atoms in total. The van der Waals surface area contributed by atoms with Crippen LogP contribution >= 0.6 is 11.6 Å². The molecule has 100 valence electrons. The van der Waals surface area contributed by atoms with Crippen LogP contribution in [0, 0.1) is 0 Å². The molecule has 0 N–H and O–H groups in total. The maximum absolute atomic E-state index is 10.5. The van der Waals surface area contributed by atoms with Crippen LogP contribution in [0.25, 0.3) is 0 Å². The highest BCUT2D eigenvalue weighted by Gasteiger charge is 2.20. The molecule has 4 heteroatoms. The fraction of sp³-hybridized carbons (Fsp3) is 0.500. The highest BCUT2D eigenvalue weighted by Crippen LogP contribution is 2.43. The van der Waals surface area contributed by atoms with Crippen molar-refractivity contribution in [3.05, 3.63) is 22.2 Å². The van der Waals surface area contributed by atoms with Crippen molar-refractivity contribution in [1.29, 1.82) is 0 Å². The summed E-state index contributed by atoms with van der Waals surface area (Å²) in [6.45, 7) is 4.16. The number of methoxy groups -OCH3 is 2. The van der Waals surface area contributed by atoms with E-state index in [1.165, 1.54) is 0 Å². The molecular weight excluding hydrogens is 252 g/mol. The van der Waals surface area contributed by atoms with Crippen molar-refractivity contribution in [1.82, 2.24) is 0 Å². The maximum Gasteiger partial charge on any atom is 0.179 e. The average Bonchev–Trinajstić information content (AvgIpc) is 2.34. The standard InChI is InChI=1S/C14H19ClO3/c1-9(2)12-10(6-5-7-16)8-11(15)13(17-3)14(12)18-4/h7-9H,5-6H2,1-4H3.